The lowest BCUT2D eigenvalue weighted by atomic mass is 10.2. The summed E-state index contributed by atoms with van der Waals surface area (Å²) in [7, 11) is 1.24. The molecule has 1 aliphatic rings. The molecule has 9 nitrogen and oxygen atoms in total. The minimum absolute atomic E-state index is 0.0671. The van der Waals surface area contributed by atoms with Gasteiger partial charge in [0.2, 0.25) is 0 Å². The smallest absolute Gasteiger partial charge is 0.337 e. The van der Waals surface area contributed by atoms with Crippen molar-refractivity contribution in [1.82, 2.24) is 14.9 Å². The molecule has 1 aromatic carbocycles. The first kappa shape index (κ1) is 15.8. The lowest BCUT2D eigenvalue weighted by Gasteiger charge is -2.15. The number of aromatic nitrogens is 2. The van der Waals surface area contributed by atoms with E-state index in [0.717, 1.165) is 0 Å². The Hall–Kier alpha value is -3.07. The fraction of sp³-hybridized carbons (Fsp3) is 0.267. The van der Waals surface area contributed by atoms with Crippen molar-refractivity contribution in [1.29, 1.82) is 0 Å². The van der Waals surface area contributed by atoms with Crippen molar-refractivity contribution in [2.45, 2.75) is 0 Å². The molecule has 24 heavy (non-hydrogen) atoms. The third kappa shape index (κ3) is 2.76. The molecule has 0 unspecified atom stereocenters. The minimum Gasteiger partial charge on any atom is -0.466 e. The number of nitrogens with one attached hydrogen (secondary N) is 3. The average molecular weight is 332 g/mol. The van der Waals surface area contributed by atoms with Crippen molar-refractivity contribution < 1.29 is 19.4 Å². The van der Waals surface area contributed by atoms with Gasteiger partial charge in [0.15, 0.2) is 0 Å². The van der Waals surface area contributed by atoms with Crippen molar-refractivity contribution in [2.24, 2.45) is 0 Å². The Balaban J connectivity index is 1.94. The number of aromatic amines is 2. The number of ether oxygens (including phenoxy) is 1. The van der Waals surface area contributed by atoms with Crippen molar-refractivity contribution >= 4 is 28.6 Å². The molecule has 0 aliphatic carbocycles. The Morgan fingerprint density at radius 2 is 2.08 bits per heavy atom. The van der Waals surface area contributed by atoms with Crippen LogP contribution in [0.2, 0.25) is 0 Å². The normalized spacial score (nSPS) is 14.6. The van der Waals surface area contributed by atoms with E-state index in [4.69, 9.17) is 9.84 Å². The van der Waals surface area contributed by atoms with Gasteiger partial charge in [-0.3, -0.25) is 4.79 Å². The number of fused-ring (bicyclic) bond motifs is 1. The van der Waals surface area contributed by atoms with Gasteiger partial charge < -0.3 is 30.0 Å². The lowest BCUT2D eigenvalue weighted by molar-refractivity contribution is -0.136. The average Bonchev–Trinajstić information content (AvgIpc) is 3.08. The highest BCUT2D eigenvalue weighted by molar-refractivity contribution is 6.08. The first-order chi connectivity index (χ1) is 11.5. The van der Waals surface area contributed by atoms with E-state index in [0.29, 0.717) is 16.7 Å². The molecule has 0 saturated heterocycles. The number of hydrogen-bond acceptors (Lipinski definition) is 6. The predicted octanol–water partition coefficient (Wildman–Crippen LogP) is -0.470. The zero-order valence-corrected chi connectivity index (χ0v) is 12.9. The zero-order chi connectivity index (χ0) is 17.3. The lowest BCUT2D eigenvalue weighted by Crippen LogP contribution is -2.31. The molecule has 9 heteroatoms. The first-order valence-corrected chi connectivity index (χ1v) is 7.24. The molecule has 0 saturated carbocycles. The number of H-pyrrole nitrogens is 2. The standard InChI is InChI=1S/C15H16N4O5/c1-24-14(22)9-7-19(4-5-20)13(21)12(9)16-8-2-3-10-11(6-8)18-15(23)17-10/h2-3,6,16,20H,4-5,7H2,1H3,(H2,17,18,23). The van der Waals surface area contributed by atoms with E-state index in [1.807, 2.05) is 0 Å². The summed E-state index contributed by atoms with van der Waals surface area (Å²) in [5.74, 6) is -1.01. The highest BCUT2D eigenvalue weighted by atomic mass is 16.5. The molecular formula is C15H16N4O5. The van der Waals surface area contributed by atoms with Crippen LogP contribution in [-0.4, -0.2) is 58.7 Å². The van der Waals surface area contributed by atoms with E-state index < -0.39 is 11.9 Å². The summed E-state index contributed by atoms with van der Waals surface area (Å²) in [6.45, 7) is -0.0175. The number of amides is 1. The number of esters is 1. The summed E-state index contributed by atoms with van der Waals surface area (Å²) in [5, 5.41) is 12.0. The maximum Gasteiger partial charge on any atom is 0.337 e. The first-order valence-electron chi connectivity index (χ1n) is 7.24. The molecule has 3 rings (SSSR count). The summed E-state index contributed by atoms with van der Waals surface area (Å²) in [6, 6.07) is 5.01. The van der Waals surface area contributed by atoms with Gasteiger partial charge in [0.05, 0.1) is 36.9 Å². The van der Waals surface area contributed by atoms with Gasteiger partial charge in [-0.15, -0.1) is 0 Å². The topological polar surface area (TPSA) is 128 Å². The molecule has 0 radical (unpaired) electrons. The largest absolute Gasteiger partial charge is 0.466 e. The summed E-state index contributed by atoms with van der Waals surface area (Å²) in [5.41, 5.74) is 1.71. The fourth-order valence-electron chi connectivity index (χ4n) is 2.60. The fourth-order valence-corrected chi connectivity index (χ4v) is 2.60. The third-order valence-electron chi connectivity index (χ3n) is 3.74. The number of anilines is 1. The van der Waals surface area contributed by atoms with E-state index >= 15 is 0 Å². The third-order valence-corrected chi connectivity index (χ3v) is 3.74. The number of aliphatic hydroxyl groups is 1. The van der Waals surface area contributed by atoms with Crippen LogP contribution in [0.15, 0.2) is 34.3 Å². The number of carbonyl (C=O) groups is 2. The molecule has 0 bridgehead atoms. The molecule has 0 fully saturated rings. The summed E-state index contributed by atoms with van der Waals surface area (Å²) in [6.07, 6.45) is 0. The zero-order valence-electron chi connectivity index (χ0n) is 12.9. The number of carbonyl (C=O) groups excluding carboxylic acids is 2. The van der Waals surface area contributed by atoms with Crippen LogP contribution in [0, 0.1) is 0 Å². The summed E-state index contributed by atoms with van der Waals surface area (Å²) < 4.78 is 4.72. The number of β-amino-alcohol motifs (C(OH)–C–C–N with tert-alkyl or cyclic N) is 1. The second kappa shape index (κ2) is 6.20. The molecule has 2 aromatic rings. The van der Waals surface area contributed by atoms with Crippen LogP contribution in [0.4, 0.5) is 5.69 Å². The Morgan fingerprint density at radius 3 is 2.79 bits per heavy atom. The van der Waals surface area contributed by atoms with Crippen molar-refractivity contribution in [2.75, 3.05) is 32.1 Å². The Morgan fingerprint density at radius 1 is 1.33 bits per heavy atom. The minimum atomic E-state index is -0.609. The van der Waals surface area contributed by atoms with E-state index in [9.17, 15) is 14.4 Å². The highest BCUT2D eigenvalue weighted by Crippen LogP contribution is 2.24. The van der Waals surface area contributed by atoms with Gasteiger partial charge in [-0.25, -0.2) is 9.59 Å². The number of methoxy groups -OCH3 is 1. The van der Waals surface area contributed by atoms with Gasteiger partial charge in [0.25, 0.3) is 5.91 Å². The summed E-state index contributed by atoms with van der Waals surface area (Å²) >= 11 is 0. The van der Waals surface area contributed by atoms with Gasteiger partial charge in [0.1, 0.15) is 5.70 Å². The molecule has 1 aromatic heterocycles. The number of benzene rings is 1. The maximum absolute atomic E-state index is 12.4. The molecule has 1 amide bonds. The van der Waals surface area contributed by atoms with Crippen LogP contribution >= 0.6 is 0 Å². The number of nitrogens with zero attached hydrogens (tertiary/aromatic N) is 1. The van der Waals surface area contributed by atoms with Crippen LogP contribution in [-0.2, 0) is 14.3 Å². The maximum atomic E-state index is 12.4. The molecule has 126 valence electrons. The SMILES string of the molecule is COC(=O)C1=C(Nc2ccc3[nH]c(=O)[nH]c3c2)C(=O)N(CCO)C1. The number of aliphatic hydroxyl groups excluding tert-OH is 1. The molecule has 4 N–H and O–H groups in total. The van der Waals surface area contributed by atoms with Crippen molar-refractivity contribution in [3.8, 4) is 0 Å². The van der Waals surface area contributed by atoms with Gasteiger partial charge in [0, 0.05) is 12.2 Å². The quantitative estimate of drug-likeness (QED) is 0.548. The van der Waals surface area contributed by atoms with Crippen LogP contribution in [0.3, 0.4) is 0 Å². The van der Waals surface area contributed by atoms with E-state index in [1.54, 1.807) is 18.2 Å². The monoisotopic (exact) mass is 332 g/mol. The van der Waals surface area contributed by atoms with Gasteiger partial charge >= 0.3 is 11.7 Å². The van der Waals surface area contributed by atoms with Crippen LogP contribution in [0.1, 0.15) is 0 Å². The number of hydrogen-bond donors (Lipinski definition) is 4. The predicted molar refractivity (Wildman–Crippen MR) is 85.2 cm³/mol. The number of rotatable bonds is 5. The Bertz CT molecular complexity index is 895. The van der Waals surface area contributed by atoms with E-state index in [1.165, 1.54) is 12.0 Å². The Kier molecular flexibility index (Phi) is 4.09. The van der Waals surface area contributed by atoms with Crippen LogP contribution < -0.4 is 11.0 Å². The molecule has 0 spiro atoms. The highest BCUT2D eigenvalue weighted by Gasteiger charge is 2.34. The second-order valence-corrected chi connectivity index (χ2v) is 5.26. The van der Waals surface area contributed by atoms with Crippen LogP contribution in [0.5, 0.6) is 0 Å². The van der Waals surface area contributed by atoms with Crippen molar-refractivity contribution in [3.63, 3.8) is 0 Å². The molecular weight excluding hydrogens is 316 g/mol. The number of imidazole rings is 1. The van der Waals surface area contributed by atoms with Gasteiger partial charge in [-0.05, 0) is 18.2 Å². The van der Waals surface area contributed by atoms with Gasteiger partial charge in [-0.2, -0.15) is 0 Å². The summed E-state index contributed by atoms with van der Waals surface area (Å²) in [4.78, 5) is 42.2. The molecule has 2 heterocycles. The van der Waals surface area contributed by atoms with Crippen LogP contribution in [0.25, 0.3) is 11.0 Å². The molecule has 1 aliphatic heterocycles. The van der Waals surface area contributed by atoms with Crippen molar-refractivity contribution in [3.05, 3.63) is 40.0 Å². The van der Waals surface area contributed by atoms with Gasteiger partial charge in [-0.1, -0.05) is 0 Å². The molecule has 0 atom stereocenters. The second-order valence-electron chi connectivity index (χ2n) is 5.26. The van der Waals surface area contributed by atoms with E-state index in [-0.39, 0.29) is 36.7 Å². The van der Waals surface area contributed by atoms with E-state index in [2.05, 4.69) is 15.3 Å². The Labute approximate surface area is 135 Å².